The number of benzene rings is 3. The molecule has 3 aromatic carbocycles. The summed E-state index contributed by atoms with van der Waals surface area (Å²) in [6.45, 7) is 11.9. The van der Waals surface area contributed by atoms with Crippen LogP contribution in [0.15, 0.2) is 42.5 Å². The normalized spacial score (nSPS) is 17.3. The first-order valence-corrected chi connectivity index (χ1v) is 15.8. The summed E-state index contributed by atoms with van der Waals surface area (Å²) in [5.41, 5.74) is -0.610. The maximum Gasteiger partial charge on any atom is 0.244 e. The van der Waals surface area contributed by atoms with Gasteiger partial charge >= 0.3 is 0 Å². The van der Waals surface area contributed by atoms with Gasteiger partial charge in [-0.1, -0.05) is 47.6 Å². The molecule has 1 amide bonds. The smallest absolute Gasteiger partial charge is 0.244 e. The van der Waals surface area contributed by atoms with E-state index in [0.717, 1.165) is 0 Å². The average molecular weight is 652 g/mol. The Labute approximate surface area is 273 Å². The zero-order valence-corrected chi connectivity index (χ0v) is 27.6. The Balaban J connectivity index is 1.55. The molecule has 3 aliphatic rings. The molecule has 252 valence electrons. The van der Waals surface area contributed by atoms with Crippen molar-refractivity contribution in [3.05, 3.63) is 65.0 Å². The molecule has 0 radical (unpaired) electrons. The van der Waals surface area contributed by atoms with Crippen LogP contribution in [0, 0.1) is 16.6 Å². The fourth-order valence-electron chi connectivity index (χ4n) is 6.54. The summed E-state index contributed by atoms with van der Waals surface area (Å²) in [6, 6.07) is 10.7. The van der Waals surface area contributed by atoms with Crippen LogP contribution in [0.1, 0.15) is 71.1 Å². The van der Waals surface area contributed by atoms with Gasteiger partial charge < -0.3 is 44.0 Å². The van der Waals surface area contributed by atoms with E-state index in [1.807, 2.05) is 41.5 Å². The number of halogens is 1. The molecule has 0 aliphatic carbocycles. The van der Waals surface area contributed by atoms with Gasteiger partial charge in [0, 0.05) is 34.5 Å². The van der Waals surface area contributed by atoms with Crippen LogP contribution in [-0.4, -0.2) is 55.1 Å². The van der Waals surface area contributed by atoms with Gasteiger partial charge in [0.15, 0.2) is 23.0 Å². The quantitative estimate of drug-likeness (QED) is 0.245. The minimum Gasteiger partial charge on any atom is -0.490 e. The fourth-order valence-corrected chi connectivity index (χ4v) is 6.54. The van der Waals surface area contributed by atoms with E-state index in [2.05, 4.69) is 5.32 Å². The van der Waals surface area contributed by atoms with Gasteiger partial charge in [-0.3, -0.25) is 4.79 Å². The highest BCUT2D eigenvalue weighted by atomic mass is 19.1. The van der Waals surface area contributed by atoms with E-state index in [4.69, 9.17) is 28.4 Å². The third-order valence-electron chi connectivity index (χ3n) is 8.29. The Kier molecular flexibility index (Phi) is 8.42. The Morgan fingerprint density at radius 2 is 1.19 bits per heavy atom. The van der Waals surface area contributed by atoms with Crippen LogP contribution in [0.3, 0.4) is 0 Å². The van der Waals surface area contributed by atoms with E-state index < -0.39 is 29.3 Å². The molecule has 0 fully saturated rings. The molecule has 3 N–H and O–H groups in total. The third kappa shape index (κ3) is 6.51. The highest BCUT2D eigenvalue weighted by molar-refractivity contribution is 6.12. The first kappa shape index (κ1) is 32.7. The minimum absolute atomic E-state index is 0.0318. The number of aliphatic hydroxyl groups is 2. The van der Waals surface area contributed by atoms with Crippen molar-refractivity contribution >= 4 is 11.6 Å². The van der Waals surface area contributed by atoms with Gasteiger partial charge in [0.05, 0.1) is 12.2 Å². The molecule has 10 nitrogen and oxygen atoms in total. The highest BCUT2D eigenvalue weighted by Gasteiger charge is 2.54. The topological polar surface area (TPSA) is 125 Å². The van der Waals surface area contributed by atoms with Crippen LogP contribution in [0.25, 0.3) is 0 Å². The number of hydrogen-bond donors (Lipinski definition) is 3. The Morgan fingerprint density at radius 3 is 1.64 bits per heavy atom. The standard InChI is InChI=1S/C36H42FNO9/c1-34(2,3)14-21(39)16-42-27-12-31-29(44-18-46-31)10-24(27)36(23-8-7-20(37)9-26(23)38-33(36)41)25-11-30-32(47-19-45-30)13-28(25)43-17-22(40)15-35(4,5)6/h7-13,21-22,39-40H,14-19H2,1-6H3,(H,38,41)/t21-,22-/m1/s1. The van der Waals surface area contributed by atoms with E-state index in [1.54, 1.807) is 30.3 Å². The van der Waals surface area contributed by atoms with Crippen LogP contribution in [-0.2, 0) is 10.2 Å². The van der Waals surface area contributed by atoms with Crippen molar-refractivity contribution < 1.29 is 47.8 Å². The van der Waals surface area contributed by atoms with Gasteiger partial charge in [-0.2, -0.15) is 0 Å². The van der Waals surface area contributed by atoms with Gasteiger partial charge in [0.1, 0.15) is 35.9 Å². The monoisotopic (exact) mass is 651 g/mol. The summed E-state index contributed by atoms with van der Waals surface area (Å²) in [5.74, 6) is 1.07. The molecule has 3 aromatic rings. The molecule has 0 aromatic heterocycles. The number of carbonyl (C=O) groups is 1. The maximum atomic E-state index is 14.6. The number of nitrogens with one attached hydrogen (secondary N) is 1. The second kappa shape index (κ2) is 12.1. The highest BCUT2D eigenvalue weighted by Crippen LogP contribution is 2.57. The summed E-state index contributed by atoms with van der Waals surface area (Å²) < 4.78 is 50.2. The van der Waals surface area contributed by atoms with Crippen LogP contribution < -0.4 is 33.7 Å². The zero-order chi connectivity index (χ0) is 33.7. The van der Waals surface area contributed by atoms with Crippen molar-refractivity contribution in [3.63, 3.8) is 0 Å². The van der Waals surface area contributed by atoms with E-state index in [9.17, 15) is 19.4 Å². The molecular formula is C36H42FNO9. The molecule has 11 heteroatoms. The van der Waals surface area contributed by atoms with E-state index >= 15 is 0 Å². The number of rotatable bonds is 10. The fraction of sp³-hybridized carbons (Fsp3) is 0.472. The average Bonchev–Trinajstić information content (AvgIpc) is 3.68. The van der Waals surface area contributed by atoms with Crippen molar-refractivity contribution in [2.24, 2.45) is 10.8 Å². The molecule has 2 atom stereocenters. The molecule has 47 heavy (non-hydrogen) atoms. The molecule has 0 saturated carbocycles. The van der Waals surface area contributed by atoms with Crippen molar-refractivity contribution in [2.75, 3.05) is 32.1 Å². The van der Waals surface area contributed by atoms with Gasteiger partial charge in [-0.05, 0) is 47.9 Å². The Hall–Kier alpha value is -4.22. The van der Waals surface area contributed by atoms with Crippen LogP contribution in [0.2, 0.25) is 0 Å². The largest absolute Gasteiger partial charge is 0.490 e. The summed E-state index contributed by atoms with van der Waals surface area (Å²) in [5, 5.41) is 24.7. The molecule has 3 heterocycles. The van der Waals surface area contributed by atoms with Crippen molar-refractivity contribution in [1.82, 2.24) is 0 Å². The lowest BCUT2D eigenvalue weighted by Gasteiger charge is -2.33. The summed E-state index contributed by atoms with van der Waals surface area (Å²) in [6.07, 6.45) is -0.677. The van der Waals surface area contributed by atoms with Crippen molar-refractivity contribution in [1.29, 1.82) is 0 Å². The van der Waals surface area contributed by atoms with Crippen LogP contribution >= 0.6 is 0 Å². The number of anilines is 1. The Morgan fingerprint density at radius 1 is 0.745 bits per heavy atom. The van der Waals surface area contributed by atoms with E-state index in [0.29, 0.717) is 52.5 Å². The third-order valence-corrected chi connectivity index (χ3v) is 8.29. The first-order valence-electron chi connectivity index (χ1n) is 15.8. The van der Waals surface area contributed by atoms with E-state index in [1.165, 1.54) is 12.1 Å². The molecule has 0 spiro atoms. The molecule has 0 bridgehead atoms. The van der Waals surface area contributed by atoms with Crippen molar-refractivity contribution in [3.8, 4) is 34.5 Å². The molecule has 6 rings (SSSR count). The lowest BCUT2D eigenvalue weighted by Crippen LogP contribution is -2.38. The second-order valence-electron chi connectivity index (χ2n) is 14.8. The molecular weight excluding hydrogens is 609 g/mol. The van der Waals surface area contributed by atoms with E-state index in [-0.39, 0.29) is 54.8 Å². The summed E-state index contributed by atoms with van der Waals surface area (Å²) >= 11 is 0. The molecule has 3 aliphatic heterocycles. The zero-order valence-electron chi connectivity index (χ0n) is 27.6. The lowest BCUT2D eigenvalue weighted by molar-refractivity contribution is -0.118. The maximum absolute atomic E-state index is 14.6. The Bertz CT molecular complexity index is 1590. The number of carbonyl (C=O) groups excluding carboxylic acids is 1. The number of ether oxygens (including phenoxy) is 6. The summed E-state index contributed by atoms with van der Waals surface area (Å²) in [4.78, 5) is 14.6. The predicted molar refractivity (Wildman–Crippen MR) is 171 cm³/mol. The number of aliphatic hydroxyl groups excluding tert-OH is 2. The number of amides is 1. The van der Waals surface area contributed by atoms with Gasteiger partial charge in [-0.15, -0.1) is 0 Å². The first-order chi connectivity index (χ1) is 22.1. The number of fused-ring (bicyclic) bond motifs is 3. The van der Waals surface area contributed by atoms with Crippen molar-refractivity contribution in [2.45, 2.75) is 72.0 Å². The molecule has 0 saturated heterocycles. The van der Waals surface area contributed by atoms with Gasteiger partial charge in [0.25, 0.3) is 0 Å². The van der Waals surface area contributed by atoms with Crippen LogP contribution in [0.4, 0.5) is 10.1 Å². The minimum atomic E-state index is -1.69. The van der Waals surface area contributed by atoms with Gasteiger partial charge in [-0.25, -0.2) is 4.39 Å². The second-order valence-corrected chi connectivity index (χ2v) is 14.8. The SMILES string of the molecule is CC(C)(C)C[C@@H](O)COc1cc2c(cc1C1(c3cc4c(cc3OC[C@H](O)CC(C)(C)C)OCO4)C(=O)Nc3cc(F)ccc31)OCO2. The predicted octanol–water partition coefficient (Wildman–Crippen LogP) is 5.92. The van der Waals surface area contributed by atoms with Crippen LogP contribution in [0.5, 0.6) is 34.5 Å². The molecule has 0 unspecified atom stereocenters. The lowest BCUT2D eigenvalue weighted by atomic mass is 9.69. The number of hydrogen-bond acceptors (Lipinski definition) is 9. The van der Waals surface area contributed by atoms with Gasteiger partial charge in [0.2, 0.25) is 19.5 Å². The summed E-state index contributed by atoms with van der Waals surface area (Å²) in [7, 11) is 0.